The standard InChI is InChI=1S/C27H26N5O2.C2H4O2/c1-33-23-12-10-19(11-13-23)26-21(15-22-8-5-6-14-31(22)26)16-29-24-17-30-32(27(24)28)18-20-7-3-4-9-25(20)34-2;1-2(3)4/h3-14,16-17H,15,18,28H2,1-2H3;1H3,(H,3,4)/q+1;/p-1/b29-16+;. The number of anilines is 1. The van der Waals surface area contributed by atoms with Crippen molar-refractivity contribution in [2.24, 2.45) is 4.99 Å². The van der Waals surface area contributed by atoms with E-state index in [4.69, 9.17) is 30.1 Å². The van der Waals surface area contributed by atoms with Gasteiger partial charge >= 0.3 is 0 Å². The summed E-state index contributed by atoms with van der Waals surface area (Å²) in [5.41, 5.74) is 12.5. The van der Waals surface area contributed by atoms with Gasteiger partial charge in [0.1, 0.15) is 23.0 Å². The van der Waals surface area contributed by atoms with Crippen LogP contribution < -0.4 is 24.9 Å². The molecule has 0 atom stereocenters. The maximum atomic E-state index is 8.89. The molecule has 3 heterocycles. The van der Waals surface area contributed by atoms with Crippen molar-refractivity contribution in [1.82, 2.24) is 9.78 Å². The maximum absolute atomic E-state index is 8.89. The molecule has 0 radical (unpaired) electrons. The Labute approximate surface area is 221 Å². The fourth-order valence-electron chi connectivity index (χ4n) is 4.21. The van der Waals surface area contributed by atoms with Gasteiger partial charge < -0.3 is 25.1 Å². The highest BCUT2D eigenvalue weighted by Crippen LogP contribution is 2.28. The molecule has 2 aromatic heterocycles. The Bertz CT molecular complexity index is 1490. The van der Waals surface area contributed by atoms with Crippen molar-refractivity contribution in [1.29, 1.82) is 0 Å². The molecule has 194 valence electrons. The van der Waals surface area contributed by atoms with Crippen LogP contribution in [0.1, 0.15) is 23.7 Å². The number of ether oxygens (including phenoxy) is 2. The van der Waals surface area contributed by atoms with E-state index in [9.17, 15) is 0 Å². The Kier molecular flexibility index (Phi) is 8.17. The molecule has 1 aliphatic heterocycles. The number of pyridine rings is 1. The van der Waals surface area contributed by atoms with Crippen molar-refractivity contribution in [3.63, 3.8) is 0 Å². The second kappa shape index (κ2) is 11.9. The lowest BCUT2D eigenvalue weighted by Crippen LogP contribution is -2.33. The van der Waals surface area contributed by atoms with Gasteiger partial charge in [-0.05, 0) is 37.3 Å². The van der Waals surface area contributed by atoms with E-state index in [1.807, 2.05) is 48.7 Å². The van der Waals surface area contributed by atoms with Gasteiger partial charge in [0, 0.05) is 35.4 Å². The van der Waals surface area contributed by atoms with Gasteiger partial charge in [-0.2, -0.15) is 9.67 Å². The smallest absolute Gasteiger partial charge is 0.223 e. The van der Waals surface area contributed by atoms with Crippen LogP contribution in [0.3, 0.4) is 0 Å². The number of hydrogen-bond acceptors (Lipinski definition) is 7. The van der Waals surface area contributed by atoms with Crippen LogP contribution in [-0.4, -0.2) is 36.2 Å². The summed E-state index contributed by atoms with van der Waals surface area (Å²) in [7, 11) is 3.33. The zero-order chi connectivity index (χ0) is 27.1. The van der Waals surface area contributed by atoms with Crippen LogP contribution in [-0.2, 0) is 17.8 Å². The summed E-state index contributed by atoms with van der Waals surface area (Å²) in [6, 6.07) is 22.1. The maximum Gasteiger partial charge on any atom is 0.223 e. The molecule has 0 fully saturated rings. The molecule has 5 rings (SSSR count). The van der Waals surface area contributed by atoms with Crippen LogP contribution in [0.15, 0.2) is 89.7 Å². The summed E-state index contributed by atoms with van der Waals surface area (Å²) in [6.07, 6.45) is 6.45. The van der Waals surface area contributed by atoms with E-state index < -0.39 is 5.97 Å². The van der Waals surface area contributed by atoms with E-state index in [1.54, 1.807) is 25.1 Å². The molecular weight excluding hydrogens is 482 g/mol. The summed E-state index contributed by atoms with van der Waals surface area (Å²) < 4.78 is 14.7. The number of para-hydroxylation sites is 1. The Morgan fingerprint density at radius 1 is 1.11 bits per heavy atom. The predicted molar refractivity (Wildman–Crippen MR) is 143 cm³/mol. The highest BCUT2D eigenvalue weighted by molar-refractivity contribution is 5.92. The van der Waals surface area contributed by atoms with Crippen molar-refractivity contribution in [2.75, 3.05) is 20.0 Å². The summed E-state index contributed by atoms with van der Waals surface area (Å²) in [6.45, 7) is 1.48. The zero-order valence-electron chi connectivity index (χ0n) is 21.5. The molecule has 0 saturated carbocycles. The van der Waals surface area contributed by atoms with E-state index in [2.05, 4.69) is 40.1 Å². The number of allylic oxidation sites excluding steroid dienone is 1. The Morgan fingerprint density at radius 2 is 1.82 bits per heavy atom. The average molecular weight is 512 g/mol. The van der Waals surface area contributed by atoms with Gasteiger partial charge in [-0.15, -0.1) is 0 Å². The van der Waals surface area contributed by atoms with Gasteiger partial charge in [0.25, 0.3) is 0 Å². The largest absolute Gasteiger partial charge is 0.550 e. The SMILES string of the molecule is CC(=O)[O-].COc1ccc(C2=C(/C=N/c3cnn(Cc4ccccc4OC)c3N)Cc3cccc[n+]32)cc1. The fourth-order valence-corrected chi connectivity index (χ4v) is 4.21. The highest BCUT2D eigenvalue weighted by Gasteiger charge is 2.30. The zero-order valence-corrected chi connectivity index (χ0v) is 21.5. The Morgan fingerprint density at radius 3 is 2.53 bits per heavy atom. The fraction of sp³-hybridized carbons (Fsp3) is 0.172. The molecule has 9 nitrogen and oxygen atoms in total. The first-order chi connectivity index (χ1) is 18.4. The third-order valence-corrected chi connectivity index (χ3v) is 5.96. The third kappa shape index (κ3) is 5.89. The van der Waals surface area contributed by atoms with Crippen LogP contribution >= 0.6 is 0 Å². The van der Waals surface area contributed by atoms with E-state index >= 15 is 0 Å². The van der Waals surface area contributed by atoms with Crippen LogP contribution in [0.4, 0.5) is 11.5 Å². The summed E-state index contributed by atoms with van der Waals surface area (Å²) in [5, 5.41) is 13.3. The van der Waals surface area contributed by atoms with Gasteiger partial charge in [0.15, 0.2) is 11.9 Å². The van der Waals surface area contributed by atoms with E-state index in [-0.39, 0.29) is 0 Å². The van der Waals surface area contributed by atoms with Gasteiger partial charge in [-0.25, -0.2) is 4.68 Å². The van der Waals surface area contributed by atoms with Crippen LogP contribution in [0.2, 0.25) is 0 Å². The van der Waals surface area contributed by atoms with Crippen molar-refractivity contribution < 1.29 is 23.9 Å². The van der Waals surface area contributed by atoms with E-state index in [1.165, 1.54) is 5.69 Å². The van der Waals surface area contributed by atoms with Crippen molar-refractivity contribution >= 4 is 29.4 Å². The summed E-state index contributed by atoms with van der Waals surface area (Å²) in [4.78, 5) is 13.6. The average Bonchev–Trinajstić information content (AvgIpc) is 3.47. The van der Waals surface area contributed by atoms with Crippen LogP contribution in [0.25, 0.3) is 5.70 Å². The molecule has 38 heavy (non-hydrogen) atoms. The molecule has 0 aliphatic carbocycles. The second-order valence-corrected chi connectivity index (χ2v) is 8.48. The number of carbonyl (C=O) groups excluding carboxylic acids is 1. The number of hydrogen-bond donors (Lipinski definition) is 1. The highest BCUT2D eigenvalue weighted by atomic mass is 16.5. The quantitative estimate of drug-likeness (QED) is 0.301. The van der Waals surface area contributed by atoms with Crippen LogP contribution in [0, 0.1) is 0 Å². The van der Waals surface area contributed by atoms with Crippen LogP contribution in [0.5, 0.6) is 11.5 Å². The number of nitrogens with zero attached hydrogens (tertiary/aromatic N) is 4. The second-order valence-electron chi connectivity index (χ2n) is 8.48. The first kappa shape index (κ1) is 26.2. The molecule has 0 saturated heterocycles. The number of carboxylic acids is 1. The lowest BCUT2D eigenvalue weighted by molar-refractivity contribution is -0.582. The predicted octanol–water partition coefficient (Wildman–Crippen LogP) is 2.79. The first-order valence-corrected chi connectivity index (χ1v) is 11.9. The van der Waals surface area contributed by atoms with Gasteiger partial charge in [-0.3, -0.25) is 4.99 Å². The Balaban J connectivity index is 0.000000786. The molecule has 2 aromatic carbocycles. The summed E-state index contributed by atoms with van der Waals surface area (Å²) in [5.74, 6) is 1.06. The van der Waals surface area contributed by atoms with Crippen molar-refractivity contribution in [2.45, 2.75) is 19.9 Å². The number of benzene rings is 2. The minimum absolute atomic E-state index is 0.506. The number of aromatic nitrogens is 3. The molecule has 1 aliphatic rings. The summed E-state index contributed by atoms with van der Waals surface area (Å²) >= 11 is 0. The molecular formula is C29H29N5O4. The normalized spacial score (nSPS) is 12.2. The van der Waals surface area contributed by atoms with E-state index in [0.29, 0.717) is 18.1 Å². The monoisotopic (exact) mass is 511 g/mol. The van der Waals surface area contributed by atoms with Crippen molar-refractivity contribution in [3.8, 4) is 11.5 Å². The van der Waals surface area contributed by atoms with Crippen molar-refractivity contribution in [3.05, 3.63) is 102 Å². The Hall–Kier alpha value is -4.92. The molecule has 4 aromatic rings. The molecule has 0 bridgehead atoms. The minimum Gasteiger partial charge on any atom is -0.550 e. The van der Waals surface area contributed by atoms with Gasteiger partial charge in [0.2, 0.25) is 5.70 Å². The van der Waals surface area contributed by atoms with Gasteiger partial charge in [-0.1, -0.05) is 24.3 Å². The lowest BCUT2D eigenvalue weighted by atomic mass is 10.1. The first-order valence-electron chi connectivity index (χ1n) is 11.9. The molecule has 0 unspecified atom stereocenters. The number of nitrogen functional groups attached to an aromatic ring is 1. The molecule has 9 heteroatoms. The van der Waals surface area contributed by atoms with E-state index in [0.717, 1.165) is 47.2 Å². The number of carbonyl (C=O) groups is 1. The van der Waals surface area contributed by atoms with Gasteiger partial charge in [0.05, 0.1) is 39.0 Å². The number of aliphatic imine (C=N–C) groups is 1. The number of nitrogens with two attached hydrogens (primary N) is 1. The number of aliphatic carboxylic acids is 1. The topological polar surface area (TPSA) is 119 Å². The number of carboxylic acid groups (broad SMARTS) is 1. The number of fused-ring (bicyclic) bond motifs is 1. The number of rotatable bonds is 7. The minimum atomic E-state index is -1.08. The molecule has 2 N–H and O–H groups in total. The molecule has 0 spiro atoms. The number of methoxy groups -OCH3 is 2. The lowest BCUT2D eigenvalue weighted by Gasteiger charge is -2.09. The third-order valence-electron chi connectivity index (χ3n) is 5.96. The molecule has 0 amide bonds.